The lowest BCUT2D eigenvalue weighted by atomic mass is 10.1. The Bertz CT molecular complexity index is 1300. The van der Waals surface area contributed by atoms with Crippen molar-refractivity contribution < 1.29 is 26.4 Å². The summed E-state index contributed by atoms with van der Waals surface area (Å²) in [4.78, 5) is 12.2. The molecule has 0 saturated heterocycles. The number of carbonyl (C=O) groups is 1. The first-order valence-corrected chi connectivity index (χ1v) is 11.6. The van der Waals surface area contributed by atoms with Crippen LogP contribution in [-0.4, -0.2) is 30.4 Å². The summed E-state index contributed by atoms with van der Waals surface area (Å²) in [6.45, 7) is 3.06. The molecule has 170 valence electrons. The van der Waals surface area contributed by atoms with Crippen LogP contribution in [0.25, 0.3) is 5.69 Å². The van der Waals surface area contributed by atoms with E-state index in [2.05, 4.69) is 10.4 Å². The summed E-state index contributed by atoms with van der Waals surface area (Å²) < 4.78 is 66.1. The van der Waals surface area contributed by atoms with Crippen LogP contribution < -0.4 is 5.32 Å². The van der Waals surface area contributed by atoms with E-state index < -0.39 is 34.0 Å². The first kappa shape index (κ1) is 23.8. The molecule has 3 rings (SSSR count). The molecule has 32 heavy (non-hydrogen) atoms. The van der Waals surface area contributed by atoms with E-state index in [0.29, 0.717) is 11.4 Å². The highest BCUT2D eigenvalue weighted by molar-refractivity contribution is 7.90. The van der Waals surface area contributed by atoms with Crippen molar-refractivity contribution in [2.45, 2.75) is 31.5 Å². The Balaban J connectivity index is 1.89. The van der Waals surface area contributed by atoms with Gasteiger partial charge in [-0.05, 0) is 55.8 Å². The molecule has 0 unspecified atom stereocenters. The molecule has 0 atom stereocenters. The van der Waals surface area contributed by atoms with Gasteiger partial charge in [0.1, 0.15) is 0 Å². The number of rotatable bonds is 5. The molecule has 6 nitrogen and oxygen atoms in total. The van der Waals surface area contributed by atoms with Crippen molar-refractivity contribution in [1.29, 1.82) is 0 Å². The SMILES string of the molecule is Cc1cc(C)n(-c2ccc(CNC(=O)c3ccc(Cl)c(S(C)(=O)=O)c3)c(C(F)(F)F)c2)n1. The maximum atomic E-state index is 13.7. The van der Waals surface area contributed by atoms with Crippen LogP contribution in [-0.2, 0) is 22.6 Å². The zero-order valence-electron chi connectivity index (χ0n) is 17.3. The van der Waals surface area contributed by atoms with Crippen LogP contribution in [0, 0.1) is 13.8 Å². The Kier molecular flexibility index (Phi) is 6.39. The minimum absolute atomic E-state index is 0.0392. The highest BCUT2D eigenvalue weighted by atomic mass is 35.5. The zero-order chi connectivity index (χ0) is 23.8. The van der Waals surface area contributed by atoms with Crippen molar-refractivity contribution >= 4 is 27.3 Å². The van der Waals surface area contributed by atoms with Crippen molar-refractivity contribution in [3.8, 4) is 5.69 Å². The minimum atomic E-state index is -4.66. The Hall–Kier alpha value is -2.85. The van der Waals surface area contributed by atoms with E-state index in [-0.39, 0.29) is 26.7 Å². The highest BCUT2D eigenvalue weighted by Crippen LogP contribution is 2.34. The van der Waals surface area contributed by atoms with Crippen molar-refractivity contribution in [3.05, 3.63) is 75.6 Å². The second-order valence-corrected chi connectivity index (χ2v) is 9.67. The first-order chi connectivity index (χ1) is 14.8. The molecule has 0 fully saturated rings. The van der Waals surface area contributed by atoms with Gasteiger partial charge in [-0.3, -0.25) is 4.79 Å². The maximum absolute atomic E-state index is 13.7. The zero-order valence-corrected chi connectivity index (χ0v) is 18.9. The average Bonchev–Trinajstić information content (AvgIpc) is 3.02. The van der Waals surface area contributed by atoms with Gasteiger partial charge < -0.3 is 5.32 Å². The van der Waals surface area contributed by atoms with Crippen molar-refractivity contribution in [3.63, 3.8) is 0 Å². The summed E-state index contributed by atoms with van der Waals surface area (Å²) in [5, 5.41) is 6.55. The van der Waals surface area contributed by atoms with Crippen LogP contribution in [0.15, 0.2) is 47.4 Å². The predicted molar refractivity (Wildman–Crippen MR) is 114 cm³/mol. The van der Waals surface area contributed by atoms with Gasteiger partial charge >= 0.3 is 6.18 Å². The smallest absolute Gasteiger partial charge is 0.348 e. The fraction of sp³-hybridized carbons (Fsp3) is 0.238. The second-order valence-electron chi connectivity index (χ2n) is 7.28. The Morgan fingerprint density at radius 1 is 1.12 bits per heavy atom. The number of carbonyl (C=O) groups excluding carboxylic acids is 1. The van der Waals surface area contributed by atoms with Crippen LogP contribution in [0.1, 0.15) is 32.9 Å². The van der Waals surface area contributed by atoms with Gasteiger partial charge in [-0.2, -0.15) is 18.3 Å². The molecular formula is C21H19ClF3N3O3S. The topological polar surface area (TPSA) is 81.1 Å². The largest absolute Gasteiger partial charge is 0.416 e. The molecule has 0 bridgehead atoms. The molecule has 1 amide bonds. The van der Waals surface area contributed by atoms with E-state index in [4.69, 9.17) is 11.6 Å². The summed E-state index contributed by atoms with van der Waals surface area (Å²) in [6.07, 6.45) is -3.72. The van der Waals surface area contributed by atoms with Gasteiger partial charge in [0.2, 0.25) is 0 Å². The van der Waals surface area contributed by atoms with Gasteiger partial charge in [-0.1, -0.05) is 17.7 Å². The number of alkyl halides is 3. The third-order valence-electron chi connectivity index (χ3n) is 4.69. The monoisotopic (exact) mass is 485 g/mol. The van der Waals surface area contributed by atoms with Crippen molar-refractivity contribution in [1.82, 2.24) is 15.1 Å². The minimum Gasteiger partial charge on any atom is -0.348 e. The number of nitrogens with zero attached hydrogens (tertiary/aromatic N) is 2. The second kappa shape index (κ2) is 8.59. The summed E-state index contributed by atoms with van der Waals surface area (Å²) >= 11 is 5.86. The van der Waals surface area contributed by atoms with E-state index in [1.54, 1.807) is 19.9 Å². The Labute approximate surface area is 187 Å². The van der Waals surface area contributed by atoms with Gasteiger partial charge in [0, 0.05) is 24.1 Å². The van der Waals surface area contributed by atoms with E-state index in [9.17, 15) is 26.4 Å². The molecule has 0 aliphatic rings. The number of aromatic nitrogens is 2. The van der Waals surface area contributed by atoms with Gasteiger partial charge in [0.15, 0.2) is 9.84 Å². The number of aryl methyl sites for hydroxylation is 2. The van der Waals surface area contributed by atoms with E-state index in [1.807, 2.05) is 0 Å². The molecule has 0 aliphatic carbocycles. The number of sulfone groups is 1. The lowest BCUT2D eigenvalue weighted by Crippen LogP contribution is -2.25. The molecule has 3 aromatic rings. The molecule has 0 radical (unpaired) electrons. The number of nitrogens with one attached hydrogen (secondary N) is 1. The molecule has 1 N–H and O–H groups in total. The fourth-order valence-electron chi connectivity index (χ4n) is 3.21. The maximum Gasteiger partial charge on any atom is 0.416 e. The lowest BCUT2D eigenvalue weighted by Gasteiger charge is -2.16. The summed E-state index contributed by atoms with van der Waals surface area (Å²) in [5.41, 5.74) is 0.505. The lowest BCUT2D eigenvalue weighted by molar-refractivity contribution is -0.138. The van der Waals surface area contributed by atoms with Gasteiger partial charge in [-0.25, -0.2) is 13.1 Å². The number of hydrogen-bond donors (Lipinski definition) is 1. The summed E-state index contributed by atoms with van der Waals surface area (Å²) in [7, 11) is -3.68. The number of amides is 1. The first-order valence-electron chi connectivity index (χ1n) is 9.29. The molecular weight excluding hydrogens is 467 g/mol. The van der Waals surface area contributed by atoms with Crippen LogP contribution in [0.4, 0.5) is 13.2 Å². The van der Waals surface area contributed by atoms with Crippen LogP contribution in [0.2, 0.25) is 5.02 Å². The van der Waals surface area contributed by atoms with Crippen LogP contribution >= 0.6 is 11.6 Å². The number of halogens is 4. The molecule has 0 saturated carbocycles. The Morgan fingerprint density at radius 3 is 2.38 bits per heavy atom. The van der Waals surface area contributed by atoms with Crippen molar-refractivity contribution in [2.75, 3.05) is 6.26 Å². The third-order valence-corrected chi connectivity index (χ3v) is 6.26. The summed E-state index contributed by atoms with van der Waals surface area (Å²) in [6, 6.07) is 9.12. The highest BCUT2D eigenvalue weighted by Gasteiger charge is 2.34. The van der Waals surface area contributed by atoms with Gasteiger partial charge in [-0.15, -0.1) is 0 Å². The van der Waals surface area contributed by atoms with Gasteiger partial charge in [0.05, 0.1) is 26.9 Å². The molecule has 0 spiro atoms. The third kappa shape index (κ3) is 5.13. The quantitative estimate of drug-likeness (QED) is 0.577. The predicted octanol–water partition coefficient (Wildman–Crippen LogP) is 4.49. The average molecular weight is 486 g/mol. The van der Waals surface area contributed by atoms with Crippen LogP contribution in [0.5, 0.6) is 0 Å². The van der Waals surface area contributed by atoms with E-state index in [1.165, 1.54) is 28.9 Å². The summed E-state index contributed by atoms with van der Waals surface area (Å²) in [5.74, 6) is -0.734. The molecule has 2 aromatic carbocycles. The molecule has 11 heteroatoms. The molecule has 1 aromatic heterocycles. The molecule has 0 aliphatic heterocycles. The fourth-order valence-corrected chi connectivity index (χ4v) is 4.51. The van der Waals surface area contributed by atoms with Crippen molar-refractivity contribution in [2.24, 2.45) is 0 Å². The number of benzene rings is 2. The number of hydrogen-bond acceptors (Lipinski definition) is 4. The Morgan fingerprint density at radius 2 is 1.81 bits per heavy atom. The van der Waals surface area contributed by atoms with Crippen LogP contribution in [0.3, 0.4) is 0 Å². The standard InChI is InChI=1S/C21H19ClF3N3O3S/c1-12-8-13(2)28(27-12)16-6-4-15(17(10-16)21(23,24)25)11-26-20(29)14-5-7-18(22)19(9-14)32(3,30)31/h4-10H,11H2,1-3H3,(H,26,29). The van der Waals surface area contributed by atoms with E-state index >= 15 is 0 Å². The van der Waals surface area contributed by atoms with Gasteiger partial charge in [0.25, 0.3) is 5.91 Å². The normalized spacial score (nSPS) is 12.1. The van der Waals surface area contributed by atoms with E-state index in [0.717, 1.165) is 18.4 Å². The molecule has 1 heterocycles.